The molecule has 4 rings (SSSR count). The molecule has 3 aliphatic rings. The molecule has 3 fully saturated rings. The molecule has 2 N–H and O–H groups in total. The van der Waals surface area contributed by atoms with Gasteiger partial charge in [-0.25, -0.2) is 0 Å². The van der Waals surface area contributed by atoms with Crippen molar-refractivity contribution in [1.82, 2.24) is 0 Å². The fourth-order valence-electron chi connectivity index (χ4n) is 9.14. The van der Waals surface area contributed by atoms with E-state index >= 15 is 0 Å². The number of anilines is 1. The van der Waals surface area contributed by atoms with Gasteiger partial charge >= 0.3 is 11.9 Å². The smallest absolute Gasteiger partial charge is 0.316 e. The molecule has 1 aromatic rings. The second kappa shape index (κ2) is 22.7. The first-order valence-electron chi connectivity index (χ1n) is 20.8. The van der Waals surface area contributed by atoms with E-state index in [4.69, 9.17) is 9.47 Å². The maximum atomic E-state index is 11.9. The number of nitrogens with zero attached hydrogens (tertiary/aromatic N) is 1. The van der Waals surface area contributed by atoms with Gasteiger partial charge in [0.2, 0.25) is 0 Å². The van der Waals surface area contributed by atoms with Gasteiger partial charge in [-0.2, -0.15) is 0 Å². The van der Waals surface area contributed by atoms with Gasteiger partial charge in [-0.05, 0) is 131 Å². The van der Waals surface area contributed by atoms with Crippen LogP contribution >= 0.6 is 15.9 Å². The Balaban J connectivity index is 0.000000399. The van der Waals surface area contributed by atoms with Gasteiger partial charge in [0.15, 0.2) is 0 Å². The van der Waals surface area contributed by atoms with Crippen LogP contribution in [0.3, 0.4) is 0 Å². The van der Waals surface area contributed by atoms with Gasteiger partial charge in [0, 0.05) is 26.0 Å². The number of alkyl halides is 1. The van der Waals surface area contributed by atoms with Crippen molar-refractivity contribution in [2.45, 2.75) is 156 Å². The lowest BCUT2D eigenvalue weighted by Gasteiger charge is -2.44. The Bertz CT molecular complexity index is 1510. The van der Waals surface area contributed by atoms with Crippen LogP contribution in [0.4, 0.5) is 11.4 Å². The number of fused-ring (bicyclic) bond motifs is 1. The zero-order valence-electron chi connectivity index (χ0n) is 34.7. The zero-order valence-corrected chi connectivity index (χ0v) is 36.3. The summed E-state index contributed by atoms with van der Waals surface area (Å²) in [5, 5.41) is 24.4. The van der Waals surface area contributed by atoms with Crippen LogP contribution in [0.15, 0.2) is 53.1 Å². The van der Waals surface area contributed by atoms with Crippen molar-refractivity contribution in [3.05, 3.63) is 68.8 Å². The van der Waals surface area contributed by atoms with Crippen molar-refractivity contribution in [3.8, 4) is 0 Å². The molecule has 0 aromatic heterocycles. The van der Waals surface area contributed by atoms with Gasteiger partial charge in [0.25, 0.3) is 5.69 Å². The number of esters is 2. The number of allylic oxidation sites excluding steroid dienone is 4. The van der Waals surface area contributed by atoms with Crippen LogP contribution in [0.2, 0.25) is 0 Å². The van der Waals surface area contributed by atoms with Gasteiger partial charge < -0.3 is 19.9 Å². The Morgan fingerprint density at radius 2 is 1.89 bits per heavy atom. The number of carbonyl (C=O) groups is 2. The molecule has 3 saturated carbocycles. The number of aryl methyl sites for hydroxylation is 1. The van der Waals surface area contributed by atoms with Gasteiger partial charge in [-0.3, -0.25) is 19.7 Å². The van der Waals surface area contributed by atoms with E-state index in [1.54, 1.807) is 17.7 Å². The number of nitrogens with one attached hydrogen (secondary N) is 1. The predicted molar refractivity (Wildman–Crippen MR) is 226 cm³/mol. The van der Waals surface area contributed by atoms with Gasteiger partial charge in [-0.1, -0.05) is 92.6 Å². The molecule has 308 valence electrons. The van der Waals surface area contributed by atoms with Crippen LogP contribution in [0, 0.1) is 40.2 Å². The number of halogens is 1. The highest BCUT2D eigenvalue weighted by Gasteiger charge is 2.50. The number of hydrogen-bond donors (Lipinski definition) is 2. The Kier molecular flexibility index (Phi) is 19.1. The van der Waals surface area contributed by atoms with E-state index < -0.39 is 5.60 Å². The molecule has 0 heterocycles. The molecule has 0 amide bonds. The number of aliphatic hydroxyl groups is 1. The highest BCUT2D eigenvalue weighted by Crippen LogP contribution is 2.60. The Morgan fingerprint density at radius 1 is 1.13 bits per heavy atom. The molecular formula is C45H69BrN2O7. The first-order valence-corrected chi connectivity index (χ1v) is 21.9. The number of benzene rings is 1. The molecule has 0 saturated heterocycles. The minimum atomic E-state index is -0.577. The summed E-state index contributed by atoms with van der Waals surface area (Å²) in [5.41, 5.74) is 5.40. The van der Waals surface area contributed by atoms with Crippen LogP contribution in [-0.4, -0.2) is 52.2 Å². The molecule has 5 atom stereocenters. The van der Waals surface area contributed by atoms with Gasteiger partial charge in [0.05, 0.1) is 10.5 Å². The maximum Gasteiger partial charge on any atom is 0.316 e. The second-order valence-electron chi connectivity index (χ2n) is 17.0. The molecule has 3 aliphatic carbocycles. The number of hydrogen-bond acceptors (Lipinski definition) is 8. The van der Waals surface area contributed by atoms with Gasteiger partial charge in [-0.15, -0.1) is 0 Å². The number of nitro benzene ring substituents is 1. The molecule has 55 heavy (non-hydrogen) atoms. The highest BCUT2D eigenvalue weighted by molar-refractivity contribution is 9.09. The molecule has 10 heteroatoms. The first kappa shape index (κ1) is 46.4. The zero-order chi connectivity index (χ0) is 40.6. The topological polar surface area (TPSA) is 128 Å². The summed E-state index contributed by atoms with van der Waals surface area (Å²) in [6.07, 6.45) is 22.8. The molecule has 1 unspecified atom stereocenters. The number of carbonyl (C=O) groups excluding carboxylic acids is 2. The minimum absolute atomic E-state index is 0.118. The molecule has 9 nitrogen and oxygen atoms in total. The fraction of sp³-hybridized carbons (Fsp3) is 0.689. The van der Waals surface area contributed by atoms with E-state index in [0.29, 0.717) is 29.4 Å². The molecule has 0 radical (unpaired) electrons. The third-order valence-corrected chi connectivity index (χ3v) is 12.4. The van der Waals surface area contributed by atoms with Crippen molar-refractivity contribution in [1.29, 1.82) is 0 Å². The third kappa shape index (κ3) is 15.1. The molecule has 0 aliphatic heterocycles. The van der Waals surface area contributed by atoms with Crippen molar-refractivity contribution < 1.29 is 29.1 Å². The van der Waals surface area contributed by atoms with Crippen LogP contribution in [0.1, 0.15) is 143 Å². The summed E-state index contributed by atoms with van der Waals surface area (Å²) in [6, 6.07) is 5.28. The highest BCUT2D eigenvalue weighted by atomic mass is 79.9. The summed E-state index contributed by atoms with van der Waals surface area (Å²) < 4.78 is 10.8. The summed E-state index contributed by atoms with van der Waals surface area (Å²) in [7, 11) is 0. The summed E-state index contributed by atoms with van der Waals surface area (Å²) in [4.78, 5) is 33.7. The van der Waals surface area contributed by atoms with Crippen molar-refractivity contribution >= 4 is 39.2 Å². The lowest BCUT2D eigenvalue weighted by molar-refractivity contribution is -0.384. The Labute approximate surface area is 339 Å². The van der Waals surface area contributed by atoms with Crippen LogP contribution in [0.5, 0.6) is 0 Å². The average Bonchev–Trinajstić information content (AvgIpc) is 3.49. The van der Waals surface area contributed by atoms with E-state index in [1.165, 1.54) is 69.4 Å². The summed E-state index contributed by atoms with van der Waals surface area (Å²) in [6.45, 7) is 15.3. The van der Waals surface area contributed by atoms with Gasteiger partial charge in [0.1, 0.15) is 23.7 Å². The average molecular weight is 830 g/mol. The number of nitro groups is 1. The first-order chi connectivity index (χ1) is 26.1. The van der Waals surface area contributed by atoms with E-state index in [9.17, 15) is 24.8 Å². The lowest BCUT2D eigenvalue weighted by atomic mass is 9.60. The Morgan fingerprint density at radius 3 is 2.56 bits per heavy atom. The van der Waals surface area contributed by atoms with Crippen LogP contribution < -0.4 is 5.32 Å². The second-order valence-corrected chi connectivity index (χ2v) is 17.6. The fourth-order valence-corrected chi connectivity index (χ4v) is 9.27. The standard InChI is InChI=1S/C32H49BrO5.C13H20N2O2/c1-22(8-6-17-31(3,4)36)28-14-15-29-25(9-7-18-32(28,29)5)10-11-26-20-27(38-30(35)21-33)13-12-24(26)16-19-37-23(2)34;1-3-4-5-6-9-14-12-8-7-11(2)10-13(12)15(16)17/h10-11,16,22,27-29,36H,6-9,12-15,17-21H2,1-5H3;7-8,10,14H,3-6,9H2,1-2H3/b24-16+,25-10+,26-11-;/t22-,27+,28-,29?,32-;/m1./s1. The van der Waals surface area contributed by atoms with Crippen molar-refractivity contribution in [2.24, 2.45) is 23.2 Å². The number of ether oxygens (including phenoxy) is 2. The van der Waals surface area contributed by atoms with E-state index in [1.807, 2.05) is 32.9 Å². The normalized spacial score (nSPS) is 25.2. The minimum Gasteiger partial charge on any atom is -0.462 e. The number of rotatable bonds is 17. The molecule has 0 spiro atoms. The predicted octanol–water partition coefficient (Wildman–Crippen LogP) is 11.5. The van der Waals surface area contributed by atoms with E-state index in [0.717, 1.165) is 56.6 Å². The monoisotopic (exact) mass is 828 g/mol. The Hall–Kier alpha value is -2.98. The summed E-state index contributed by atoms with van der Waals surface area (Å²) in [5.74, 6) is 1.52. The molecule has 1 aromatic carbocycles. The van der Waals surface area contributed by atoms with E-state index in [2.05, 4.69) is 54.2 Å². The molecular weight excluding hydrogens is 760 g/mol. The largest absolute Gasteiger partial charge is 0.462 e. The lowest BCUT2D eigenvalue weighted by Crippen LogP contribution is -2.36. The number of unbranched alkanes of at least 4 members (excludes halogenated alkanes) is 3. The van der Waals surface area contributed by atoms with Crippen LogP contribution in [-0.2, 0) is 19.1 Å². The maximum absolute atomic E-state index is 11.9. The van der Waals surface area contributed by atoms with Crippen LogP contribution in [0.25, 0.3) is 0 Å². The van der Waals surface area contributed by atoms with E-state index in [-0.39, 0.29) is 40.6 Å². The third-order valence-electron chi connectivity index (χ3n) is 12.0. The molecule has 0 bridgehead atoms. The quantitative estimate of drug-likeness (QED) is 0.0522. The SMILES string of the molecule is CC(=O)OC\C=C1/CC[C@H](OC(=O)CBr)C/C1=C/C=C1\CCC[C@@]2(C)C1CC[C@@H]2[C@H](C)CCCC(C)(C)O.CCCCCCNc1ccc(C)cc1[N+](=O)[O-]. The van der Waals surface area contributed by atoms with Crippen molar-refractivity contribution in [2.75, 3.05) is 23.8 Å². The summed E-state index contributed by atoms with van der Waals surface area (Å²) >= 11 is 3.20. The van der Waals surface area contributed by atoms with Crippen molar-refractivity contribution in [3.63, 3.8) is 0 Å².